The molecule has 0 radical (unpaired) electrons. The van der Waals surface area contributed by atoms with Crippen LogP contribution in [-0.2, 0) is 6.42 Å². The maximum atomic E-state index is 2.51. The van der Waals surface area contributed by atoms with Crippen molar-refractivity contribution in [1.29, 1.82) is 0 Å². The molecule has 0 nitrogen and oxygen atoms in total. The number of hydrogen-bond acceptors (Lipinski definition) is 0. The number of allylic oxidation sites excluding steroid dienone is 1. The second-order valence-corrected chi connectivity index (χ2v) is 10.1. The second-order valence-electron chi connectivity index (χ2n) is 10.1. The van der Waals surface area contributed by atoms with E-state index in [1.54, 1.807) is 5.57 Å². The van der Waals surface area contributed by atoms with Crippen LogP contribution in [0.15, 0.2) is 66.2 Å². The highest BCUT2D eigenvalue weighted by Crippen LogP contribution is 2.37. The lowest BCUT2D eigenvalue weighted by molar-refractivity contribution is 0.555. The van der Waals surface area contributed by atoms with Crippen molar-refractivity contribution in [3.05, 3.63) is 77.4 Å². The second kappa shape index (κ2) is 10.6. The van der Waals surface area contributed by atoms with Gasteiger partial charge in [0.05, 0.1) is 0 Å². The smallest absolute Gasteiger partial charge is 0.00576 e. The van der Waals surface area contributed by atoms with Crippen LogP contribution in [0.1, 0.15) is 88.7 Å². The molecular formula is C33H38. The van der Waals surface area contributed by atoms with Crippen molar-refractivity contribution in [2.75, 3.05) is 0 Å². The van der Waals surface area contributed by atoms with Crippen molar-refractivity contribution >= 4 is 38.4 Å². The summed E-state index contributed by atoms with van der Waals surface area (Å²) in [6.45, 7) is 2.30. The van der Waals surface area contributed by atoms with Gasteiger partial charge in [-0.2, -0.15) is 0 Å². The van der Waals surface area contributed by atoms with E-state index in [1.807, 2.05) is 0 Å². The molecule has 4 aromatic rings. The number of fused-ring (bicyclic) bond motifs is 6. The van der Waals surface area contributed by atoms with Crippen LogP contribution >= 0.6 is 0 Å². The lowest BCUT2D eigenvalue weighted by atomic mass is 9.94. The summed E-state index contributed by atoms with van der Waals surface area (Å²) in [5.74, 6) is 0. The fourth-order valence-corrected chi connectivity index (χ4v) is 5.72. The van der Waals surface area contributed by atoms with Gasteiger partial charge in [0.2, 0.25) is 0 Å². The SMILES string of the molecule is CCCCCCCCCCCCC1=Cc2c(ccc3c2ccc2cc4ccccc4cc23)C1. The molecular weight excluding hydrogens is 396 g/mol. The van der Waals surface area contributed by atoms with Crippen molar-refractivity contribution in [3.8, 4) is 0 Å². The molecule has 0 amide bonds. The maximum absolute atomic E-state index is 2.51. The Morgan fingerprint density at radius 1 is 0.576 bits per heavy atom. The highest BCUT2D eigenvalue weighted by Gasteiger charge is 2.16. The largest absolute Gasteiger partial charge is 0.0654 e. The van der Waals surface area contributed by atoms with Gasteiger partial charge in [0.15, 0.2) is 0 Å². The molecule has 0 aliphatic heterocycles. The van der Waals surface area contributed by atoms with E-state index in [0.29, 0.717) is 0 Å². The van der Waals surface area contributed by atoms with Gasteiger partial charge < -0.3 is 0 Å². The minimum absolute atomic E-state index is 1.15. The van der Waals surface area contributed by atoms with E-state index in [1.165, 1.54) is 114 Å². The molecule has 0 unspecified atom stereocenters. The molecule has 0 aromatic heterocycles. The molecule has 0 bridgehead atoms. The molecule has 4 aromatic carbocycles. The zero-order chi connectivity index (χ0) is 22.5. The van der Waals surface area contributed by atoms with Gasteiger partial charge in [0.25, 0.3) is 0 Å². The van der Waals surface area contributed by atoms with Gasteiger partial charge in [-0.1, -0.05) is 125 Å². The van der Waals surface area contributed by atoms with E-state index in [9.17, 15) is 0 Å². The molecule has 0 atom stereocenters. The molecule has 170 valence electrons. The summed E-state index contributed by atoms with van der Waals surface area (Å²) in [5.41, 5.74) is 4.63. The first kappa shape index (κ1) is 22.2. The highest BCUT2D eigenvalue weighted by atomic mass is 14.2. The summed E-state index contributed by atoms with van der Waals surface area (Å²) in [4.78, 5) is 0. The Hall–Kier alpha value is -2.60. The van der Waals surface area contributed by atoms with Gasteiger partial charge in [0, 0.05) is 0 Å². The first-order chi connectivity index (χ1) is 16.3. The van der Waals surface area contributed by atoms with Crippen molar-refractivity contribution in [3.63, 3.8) is 0 Å². The standard InChI is InChI=1S/C33H38/c1-2-3-4-5-6-7-8-9-10-11-14-25-21-28-17-19-31-30(32(28)22-25)20-18-29-23-26-15-12-13-16-27(26)24-33(29)31/h12-13,15-20,22-24H,2-11,14,21H2,1H3. The maximum Gasteiger partial charge on any atom is -0.00576 e. The third-order valence-corrected chi connectivity index (χ3v) is 7.63. The van der Waals surface area contributed by atoms with Crippen LogP contribution in [0.4, 0.5) is 0 Å². The first-order valence-corrected chi connectivity index (χ1v) is 13.4. The van der Waals surface area contributed by atoms with Crippen LogP contribution in [0.3, 0.4) is 0 Å². The third kappa shape index (κ3) is 5.01. The van der Waals surface area contributed by atoms with Crippen LogP contribution < -0.4 is 0 Å². The third-order valence-electron chi connectivity index (χ3n) is 7.63. The van der Waals surface area contributed by atoms with E-state index < -0.39 is 0 Å². The lowest BCUT2D eigenvalue weighted by Crippen LogP contribution is -1.88. The lowest BCUT2D eigenvalue weighted by Gasteiger charge is -2.09. The predicted octanol–water partition coefficient (Wildman–Crippen LogP) is 10.4. The topological polar surface area (TPSA) is 0 Å². The van der Waals surface area contributed by atoms with E-state index in [2.05, 4.69) is 73.7 Å². The summed E-state index contributed by atoms with van der Waals surface area (Å²) < 4.78 is 0. The summed E-state index contributed by atoms with van der Waals surface area (Å²) in [6, 6.07) is 22.8. The molecule has 1 aliphatic carbocycles. The molecule has 0 fully saturated rings. The van der Waals surface area contributed by atoms with Gasteiger partial charge >= 0.3 is 0 Å². The number of hydrogen-bond donors (Lipinski definition) is 0. The van der Waals surface area contributed by atoms with E-state index in [0.717, 1.165) is 6.42 Å². The molecule has 0 saturated heterocycles. The van der Waals surface area contributed by atoms with Crippen molar-refractivity contribution in [2.24, 2.45) is 0 Å². The zero-order valence-corrected chi connectivity index (χ0v) is 20.3. The van der Waals surface area contributed by atoms with Gasteiger partial charge in [-0.3, -0.25) is 0 Å². The van der Waals surface area contributed by atoms with E-state index >= 15 is 0 Å². The van der Waals surface area contributed by atoms with Crippen LogP contribution in [0.25, 0.3) is 38.4 Å². The van der Waals surface area contributed by atoms with Crippen LogP contribution in [0.5, 0.6) is 0 Å². The van der Waals surface area contributed by atoms with Gasteiger partial charge in [-0.05, 0) is 74.8 Å². The summed E-state index contributed by atoms with van der Waals surface area (Å²) in [6.07, 6.45) is 19.0. The number of rotatable bonds is 11. The molecule has 0 saturated carbocycles. The molecule has 33 heavy (non-hydrogen) atoms. The van der Waals surface area contributed by atoms with Crippen LogP contribution in [0.2, 0.25) is 0 Å². The normalized spacial score (nSPS) is 13.2. The molecule has 0 heterocycles. The molecule has 5 rings (SSSR count). The molecule has 1 aliphatic rings. The highest BCUT2D eigenvalue weighted by molar-refractivity contribution is 6.14. The van der Waals surface area contributed by atoms with Gasteiger partial charge in [0.1, 0.15) is 0 Å². The number of unbranched alkanes of at least 4 members (excludes halogenated alkanes) is 9. The van der Waals surface area contributed by atoms with Crippen LogP contribution in [0, 0.1) is 0 Å². The van der Waals surface area contributed by atoms with Gasteiger partial charge in [-0.15, -0.1) is 0 Å². The zero-order valence-electron chi connectivity index (χ0n) is 20.3. The average molecular weight is 435 g/mol. The summed E-state index contributed by atoms with van der Waals surface area (Å²) in [5, 5.41) is 8.19. The Morgan fingerprint density at radius 3 is 2.00 bits per heavy atom. The molecule has 0 N–H and O–H groups in total. The van der Waals surface area contributed by atoms with E-state index in [4.69, 9.17) is 0 Å². The quantitative estimate of drug-likeness (QED) is 0.125. The Morgan fingerprint density at radius 2 is 1.24 bits per heavy atom. The Balaban J connectivity index is 1.22. The Bertz CT molecular complexity index is 1270. The number of benzene rings is 4. The molecule has 0 spiro atoms. The fraction of sp³-hybridized carbons (Fsp3) is 0.394. The first-order valence-electron chi connectivity index (χ1n) is 13.4. The summed E-state index contributed by atoms with van der Waals surface area (Å²) >= 11 is 0. The predicted molar refractivity (Wildman–Crippen MR) is 147 cm³/mol. The molecule has 0 heteroatoms. The fourth-order valence-electron chi connectivity index (χ4n) is 5.72. The summed E-state index contributed by atoms with van der Waals surface area (Å²) in [7, 11) is 0. The Labute approximate surface area is 199 Å². The monoisotopic (exact) mass is 434 g/mol. The average Bonchev–Trinajstić information content (AvgIpc) is 3.27. The van der Waals surface area contributed by atoms with Crippen molar-refractivity contribution < 1.29 is 0 Å². The van der Waals surface area contributed by atoms with Crippen molar-refractivity contribution in [2.45, 2.75) is 84.0 Å². The van der Waals surface area contributed by atoms with Crippen LogP contribution in [-0.4, -0.2) is 0 Å². The Kier molecular flexibility index (Phi) is 7.10. The van der Waals surface area contributed by atoms with Crippen molar-refractivity contribution in [1.82, 2.24) is 0 Å². The minimum Gasteiger partial charge on any atom is -0.0654 e. The van der Waals surface area contributed by atoms with Gasteiger partial charge in [-0.25, -0.2) is 0 Å². The van der Waals surface area contributed by atoms with E-state index in [-0.39, 0.29) is 0 Å². The minimum atomic E-state index is 1.15.